The van der Waals surface area contributed by atoms with Gasteiger partial charge in [0.25, 0.3) is 5.56 Å². The van der Waals surface area contributed by atoms with Crippen molar-refractivity contribution >= 4 is 33.2 Å². The van der Waals surface area contributed by atoms with E-state index in [0.29, 0.717) is 38.3 Å². The molecule has 1 atom stereocenters. The molecule has 4 rings (SSSR count). The van der Waals surface area contributed by atoms with Gasteiger partial charge in [-0.1, -0.05) is 58.4 Å². The Labute approximate surface area is 208 Å². The summed E-state index contributed by atoms with van der Waals surface area (Å²) < 4.78 is 14.1. The zero-order valence-corrected chi connectivity index (χ0v) is 21.8. The van der Waals surface area contributed by atoms with Crippen LogP contribution in [0.2, 0.25) is 5.02 Å². The molecule has 0 aliphatic carbocycles. The Morgan fingerprint density at radius 3 is 2.35 bits per heavy atom. The van der Waals surface area contributed by atoms with Crippen LogP contribution >= 0.6 is 22.9 Å². The number of ether oxygens (including phenoxy) is 2. The number of methoxy groups -OCH3 is 1. The van der Waals surface area contributed by atoms with Crippen molar-refractivity contribution in [1.82, 2.24) is 9.55 Å². The van der Waals surface area contributed by atoms with Crippen molar-refractivity contribution in [3.63, 3.8) is 0 Å². The molecule has 0 fully saturated rings. The molecule has 0 saturated carbocycles. The van der Waals surface area contributed by atoms with E-state index in [1.165, 1.54) is 11.3 Å². The number of halogens is 1. The summed E-state index contributed by atoms with van der Waals surface area (Å²) in [5, 5.41) is 0.675. The first-order valence-electron chi connectivity index (χ1n) is 11.2. The Morgan fingerprint density at radius 2 is 1.74 bits per heavy atom. The normalized spacial score (nSPS) is 12.8. The van der Waals surface area contributed by atoms with Gasteiger partial charge in [0, 0.05) is 16.0 Å². The fraction of sp³-hybridized carbons (Fsp3) is 0.333. The Balaban J connectivity index is 1.72. The molecular formula is C27H29ClN2O3S. The molecule has 4 aromatic rings. The molecule has 0 aliphatic heterocycles. The number of benzene rings is 2. The van der Waals surface area contributed by atoms with Gasteiger partial charge in [-0.25, -0.2) is 4.98 Å². The van der Waals surface area contributed by atoms with Crippen LogP contribution in [0, 0.1) is 11.3 Å². The molecule has 0 saturated heterocycles. The van der Waals surface area contributed by atoms with Gasteiger partial charge in [-0.05, 0) is 47.2 Å². The van der Waals surface area contributed by atoms with E-state index < -0.39 is 0 Å². The van der Waals surface area contributed by atoms with Gasteiger partial charge in [0.1, 0.15) is 17.1 Å². The number of hydrogen-bond acceptors (Lipinski definition) is 5. The number of hydrogen-bond donors (Lipinski definition) is 0. The van der Waals surface area contributed by atoms with Crippen LogP contribution in [0.4, 0.5) is 0 Å². The number of fused-ring (bicyclic) bond motifs is 1. The number of nitrogens with zero attached hydrogens (tertiary/aromatic N) is 2. The van der Waals surface area contributed by atoms with Gasteiger partial charge < -0.3 is 9.47 Å². The van der Waals surface area contributed by atoms with E-state index in [0.717, 1.165) is 10.4 Å². The smallest absolute Gasteiger partial charge is 0.275 e. The predicted octanol–water partition coefficient (Wildman–Crippen LogP) is 7.23. The largest absolute Gasteiger partial charge is 0.493 e. The molecule has 0 spiro atoms. The summed E-state index contributed by atoms with van der Waals surface area (Å²) in [4.78, 5) is 18.9. The second-order valence-corrected chi connectivity index (χ2v) is 11.2. The first-order valence-corrected chi connectivity index (χ1v) is 12.4. The predicted molar refractivity (Wildman–Crippen MR) is 141 cm³/mol. The third kappa shape index (κ3) is 4.84. The molecule has 0 bridgehead atoms. The van der Waals surface area contributed by atoms with E-state index in [4.69, 9.17) is 21.1 Å². The van der Waals surface area contributed by atoms with Crippen molar-refractivity contribution < 1.29 is 9.47 Å². The topological polar surface area (TPSA) is 53.4 Å². The van der Waals surface area contributed by atoms with Crippen molar-refractivity contribution in [3.8, 4) is 27.6 Å². The Morgan fingerprint density at radius 1 is 1.03 bits per heavy atom. The maximum Gasteiger partial charge on any atom is 0.275 e. The Bertz CT molecular complexity index is 1370. The summed E-state index contributed by atoms with van der Waals surface area (Å²) in [6, 6.07) is 15.0. The van der Waals surface area contributed by atoms with E-state index in [1.54, 1.807) is 18.0 Å². The first kappa shape index (κ1) is 24.3. The summed E-state index contributed by atoms with van der Waals surface area (Å²) in [6.45, 7) is 10.8. The molecule has 0 radical (unpaired) electrons. The lowest BCUT2D eigenvalue weighted by Crippen LogP contribution is -2.36. The van der Waals surface area contributed by atoms with Crippen LogP contribution in [0.15, 0.2) is 59.7 Å². The number of thiophene rings is 1. The summed E-state index contributed by atoms with van der Waals surface area (Å²) in [7, 11) is 1.61. The average molecular weight is 497 g/mol. The second kappa shape index (κ2) is 9.43. The highest BCUT2D eigenvalue weighted by Crippen LogP contribution is 2.36. The third-order valence-corrected chi connectivity index (χ3v) is 7.12. The van der Waals surface area contributed by atoms with Gasteiger partial charge in [-0.3, -0.25) is 9.36 Å². The fourth-order valence-electron chi connectivity index (χ4n) is 4.21. The molecule has 2 aromatic heterocycles. The van der Waals surface area contributed by atoms with Gasteiger partial charge >= 0.3 is 0 Å². The minimum absolute atomic E-state index is 0.00500. The van der Waals surface area contributed by atoms with Crippen LogP contribution in [0.25, 0.3) is 26.3 Å². The van der Waals surface area contributed by atoms with Crippen LogP contribution in [0.1, 0.15) is 34.6 Å². The molecule has 178 valence electrons. The number of rotatable bonds is 6. The monoisotopic (exact) mass is 496 g/mol. The van der Waals surface area contributed by atoms with Crippen molar-refractivity contribution in [1.29, 1.82) is 0 Å². The molecule has 1 unspecified atom stereocenters. The van der Waals surface area contributed by atoms with Crippen LogP contribution in [-0.2, 0) is 0 Å². The maximum atomic E-state index is 13.4. The Hall–Kier alpha value is -2.83. The van der Waals surface area contributed by atoms with Gasteiger partial charge in [-0.15, -0.1) is 11.3 Å². The lowest BCUT2D eigenvalue weighted by molar-refractivity contribution is 0.0449. The molecule has 2 heterocycles. The van der Waals surface area contributed by atoms with Crippen molar-refractivity contribution in [2.75, 3.05) is 7.11 Å². The third-order valence-electron chi connectivity index (χ3n) is 5.70. The minimum Gasteiger partial charge on any atom is -0.493 e. The van der Waals surface area contributed by atoms with Gasteiger partial charge in [0.2, 0.25) is 0 Å². The zero-order valence-electron chi connectivity index (χ0n) is 20.3. The zero-order chi connectivity index (χ0) is 24.6. The lowest BCUT2D eigenvalue weighted by atomic mass is 9.82. The first-order chi connectivity index (χ1) is 16.1. The van der Waals surface area contributed by atoms with Gasteiger partial charge in [-0.2, -0.15) is 0 Å². The summed E-state index contributed by atoms with van der Waals surface area (Å²) in [6.07, 6.45) is 1.56. The molecule has 2 aromatic carbocycles. The standard InChI is InChI=1S/C27H29ClN2O3S/c1-16(2)25(27(3,4)5)33-21-12-11-19(13-22(21)32-6)30-15-29-20-14-23(34-24(20)26(30)31)17-7-9-18(28)10-8-17/h7-16,25H,1-6H3. The van der Waals surface area contributed by atoms with E-state index >= 15 is 0 Å². The summed E-state index contributed by atoms with van der Waals surface area (Å²) in [5.74, 6) is 1.56. The van der Waals surface area contributed by atoms with Gasteiger partial charge in [0.05, 0.1) is 18.3 Å². The van der Waals surface area contributed by atoms with E-state index in [9.17, 15) is 4.79 Å². The van der Waals surface area contributed by atoms with Crippen molar-refractivity contribution in [3.05, 3.63) is 70.2 Å². The summed E-state index contributed by atoms with van der Waals surface area (Å²) in [5.41, 5.74) is 2.18. The van der Waals surface area contributed by atoms with E-state index in [2.05, 4.69) is 39.6 Å². The van der Waals surface area contributed by atoms with Gasteiger partial charge in [0.15, 0.2) is 11.5 Å². The van der Waals surface area contributed by atoms with Crippen LogP contribution in [-0.4, -0.2) is 22.8 Å². The number of aromatic nitrogens is 2. The molecule has 0 aliphatic rings. The molecule has 5 nitrogen and oxygen atoms in total. The van der Waals surface area contributed by atoms with Crippen molar-refractivity contribution in [2.45, 2.75) is 40.7 Å². The highest BCUT2D eigenvalue weighted by Gasteiger charge is 2.30. The van der Waals surface area contributed by atoms with Crippen LogP contribution in [0.3, 0.4) is 0 Å². The molecular weight excluding hydrogens is 468 g/mol. The SMILES string of the molecule is COc1cc(-n2cnc3cc(-c4ccc(Cl)cc4)sc3c2=O)ccc1OC(C(C)C)C(C)(C)C. The molecule has 34 heavy (non-hydrogen) atoms. The highest BCUT2D eigenvalue weighted by molar-refractivity contribution is 7.22. The van der Waals surface area contributed by atoms with Crippen molar-refractivity contribution in [2.24, 2.45) is 11.3 Å². The molecule has 0 N–H and O–H groups in total. The van der Waals surface area contributed by atoms with E-state index in [1.807, 2.05) is 48.5 Å². The summed E-state index contributed by atoms with van der Waals surface area (Å²) >= 11 is 7.44. The fourth-order valence-corrected chi connectivity index (χ4v) is 5.38. The minimum atomic E-state index is -0.124. The average Bonchev–Trinajstić information content (AvgIpc) is 3.22. The van der Waals surface area contributed by atoms with Crippen LogP contribution < -0.4 is 15.0 Å². The van der Waals surface area contributed by atoms with E-state index in [-0.39, 0.29) is 17.1 Å². The molecule has 0 amide bonds. The maximum absolute atomic E-state index is 13.4. The molecule has 7 heteroatoms. The Kier molecular flexibility index (Phi) is 6.74. The lowest BCUT2D eigenvalue weighted by Gasteiger charge is -2.34. The quantitative estimate of drug-likeness (QED) is 0.282. The van der Waals surface area contributed by atoms with Crippen LogP contribution in [0.5, 0.6) is 11.5 Å². The second-order valence-electron chi connectivity index (χ2n) is 9.74. The highest BCUT2D eigenvalue weighted by atomic mass is 35.5.